The van der Waals surface area contributed by atoms with E-state index in [1.165, 1.54) is 103 Å². The highest BCUT2D eigenvalue weighted by atomic mass is 16.8. The molecule has 112 heavy (non-hydrogen) atoms. The molecule has 19 heteroatoms. The van der Waals surface area contributed by atoms with Crippen molar-refractivity contribution in [1.29, 1.82) is 0 Å². The Morgan fingerprint density at radius 2 is 0.625 bits per heavy atom. The smallest absolute Gasteiger partial charge is 0.220 e. The van der Waals surface area contributed by atoms with Crippen molar-refractivity contribution < 1.29 is 89.4 Å². The lowest BCUT2D eigenvalue weighted by molar-refractivity contribution is -0.379. The van der Waals surface area contributed by atoms with Crippen LogP contribution >= 0.6 is 0 Å². The molecule has 0 radical (unpaired) electrons. The third-order valence-electron chi connectivity index (χ3n) is 20.2. The van der Waals surface area contributed by atoms with Gasteiger partial charge < -0.3 is 89.9 Å². The molecule has 3 aliphatic heterocycles. The fraction of sp³-hybridized carbons (Fsp3) is 0.688. The Morgan fingerprint density at radius 1 is 0.330 bits per heavy atom. The molecule has 0 spiro atoms. The summed E-state index contributed by atoms with van der Waals surface area (Å²) in [5, 5.41) is 121. The molecule has 0 saturated carbocycles. The molecule has 19 nitrogen and oxygen atoms in total. The highest BCUT2D eigenvalue weighted by molar-refractivity contribution is 5.76. The molecule has 0 aromatic heterocycles. The van der Waals surface area contributed by atoms with Gasteiger partial charge in [0.1, 0.15) is 73.2 Å². The van der Waals surface area contributed by atoms with Gasteiger partial charge in [-0.25, -0.2) is 0 Å². The van der Waals surface area contributed by atoms with Gasteiger partial charge in [0, 0.05) is 6.42 Å². The van der Waals surface area contributed by atoms with Gasteiger partial charge in [-0.15, -0.1) is 0 Å². The first kappa shape index (κ1) is 101. The van der Waals surface area contributed by atoms with E-state index in [2.05, 4.69) is 177 Å². The minimum Gasteiger partial charge on any atom is -0.394 e. The number of allylic oxidation sites excluding steroid dienone is 27. The van der Waals surface area contributed by atoms with Crippen LogP contribution in [0.5, 0.6) is 0 Å². The van der Waals surface area contributed by atoms with Crippen molar-refractivity contribution in [2.75, 3.05) is 26.4 Å². The molecule has 3 saturated heterocycles. The second kappa shape index (κ2) is 70.4. The largest absolute Gasteiger partial charge is 0.394 e. The SMILES string of the molecule is CC/C=C\C/C=C\C/C=C\C/C=C\C/C=C\C/C=C\C/C=C\C/C=C\C/C=C\C/C=C\C/C=C\CCCCCCCCCC(=O)NC(COC1OC(CO)C(OC2OC(CO)C(OC3OC(CO)C(O)C(O)C3O)C(O)C2O)C(O)C1O)C(O)/C=C/CC/C=C/CC/C=C/CCCCCCCCCCCCCCCCCC. The van der Waals surface area contributed by atoms with Crippen LogP contribution in [0.15, 0.2) is 170 Å². The van der Waals surface area contributed by atoms with Gasteiger partial charge in [0.2, 0.25) is 5.91 Å². The van der Waals surface area contributed by atoms with Crippen molar-refractivity contribution in [1.82, 2.24) is 5.32 Å². The molecule has 3 rings (SSSR count). The van der Waals surface area contributed by atoms with Gasteiger partial charge in [-0.2, -0.15) is 0 Å². The van der Waals surface area contributed by atoms with Gasteiger partial charge in [0.15, 0.2) is 18.9 Å². The summed E-state index contributed by atoms with van der Waals surface area (Å²) in [5.41, 5.74) is 0. The van der Waals surface area contributed by atoms with Crippen molar-refractivity contribution in [3.05, 3.63) is 170 Å². The summed E-state index contributed by atoms with van der Waals surface area (Å²) in [6.45, 7) is 1.59. The van der Waals surface area contributed by atoms with E-state index in [9.17, 15) is 61.0 Å². The maximum Gasteiger partial charge on any atom is 0.220 e. The molecule has 17 unspecified atom stereocenters. The van der Waals surface area contributed by atoms with Crippen molar-refractivity contribution in [3.8, 4) is 0 Å². The van der Waals surface area contributed by atoms with Crippen LogP contribution < -0.4 is 5.32 Å². The summed E-state index contributed by atoms with van der Waals surface area (Å²) in [4.78, 5) is 13.5. The summed E-state index contributed by atoms with van der Waals surface area (Å²) in [6, 6.07) is -1.02. The molecule has 3 fully saturated rings. The molecule has 0 aliphatic carbocycles. The fourth-order valence-electron chi connectivity index (χ4n) is 13.3. The molecule has 0 bridgehead atoms. The second-order valence-corrected chi connectivity index (χ2v) is 29.9. The number of carbonyl (C=O) groups excluding carboxylic acids is 1. The number of nitrogens with one attached hydrogen (secondary N) is 1. The fourth-order valence-corrected chi connectivity index (χ4v) is 13.3. The Hall–Kier alpha value is -4.85. The third kappa shape index (κ3) is 48.6. The summed E-state index contributed by atoms with van der Waals surface area (Å²) in [7, 11) is 0. The van der Waals surface area contributed by atoms with E-state index in [1.807, 2.05) is 6.08 Å². The van der Waals surface area contributed by atoms with E-state index >= 15 is 0 Å². The van der Waals surface area contributed by atoms with Gasteiger partial charge in [0.25, 0.3) is 0 Å². The van der Waals surface area contributed by atoms with Crippen molar-refractivity contribution in [2.24, 2.45) is 0 Å². The van der Waals surface area contributed by atoms with Crippen molar-refractivity contribution in [3.63, 3.8) is 0 Å². The minimum absolute atomic E-state index is 0.208. The molecule has 17 atom stereocenters. The van der Waals surface area contributed by atoms with Crippen LogP contribution in [-0.2, 0) is 33.2 Å². The predicted octanol–water partition coefficient (Wildman–Crippen LogP) is 16.1. The maximum atomic E-state index is 13.5. The molecular weight excluding hydrogens is 1420 g/mol. The average Bonchev–Trinajstić information content (AvgIpc) is 0.781. The number of amides is 1. The van der Waals surface area contributed by atoms with Gasteiger partial charge >= 0.3 is 0 Å². The Kier molecular flexibility index (Phi) is 63.7. The van der Waals surface area contributed by atoms with Crippen LogP contribution in [-0.4, -0.2) is 193 Å². The number of ether oxygens (including phenoxy) is 6. The normalized spacial score (nSPS) is 25.8. The predicted molar refractivity (Wildman–Crippen MR) is 452 cm³/mol. The Balaban J connectivity index is 1.37. The van der Waals surface area contributed by atoms with Crippen molar-refractivity contribution >= 4 is 5.91 Å². The lowest BCUT2D eigenvalue weighted by atomic mass is 9.96. The molecule has 3 aliphatic rings. The van der Waals surface area contributed by atoms with Crippen molar-refractivity contribution in [2.45, 2.75) is 381 Å². The highest BCUT2D eigenvalue weighted by Crippen LogP contribution is 2.33. The van der Waals surface area contributed by atoms with Gasteiger partial charge in [0.05, 0.1) is 38.6 Å². The van der Waals surface area contributed by atoms with Crippen LogP contribution in [0.3, 0.4) is 0 Å². The van der Waals surface area contributed by atoms with Crippen LogP contribution in [0, 0.1) is 0 Å². The average molecular weight is 1570 g/mol. The number of unbranched alkanes of at least 4 members (excludes halogenated alkanes) is 25. The van der Waals surface area contributed by atoms with E-state index in [4.69, 9.17) is 28.4 Å². The van der Waals surface area contributed by atoms with Gasteiger partial charge in [-0.05, 0) is 128 Å². The molecular formula is C93H153NO18. The van der Waals surface area contributed by atoms with Crippen LogP contribution in [0.25, 0.3) is 0 Å². The topological polar surface area (TPSA) is 307 Å². The van der Waals surface area contributed by atoms with E-state index < -0.39 is 124 Å². The second-order valence-electron chi connectivity index (χ2n) is 29.9. The molecule has 0 aromatic carbocycles. The zero-order valence-electron chi connectivity index (χ0n) is 68.6. The minimum atomic E-state index is -1.99. The zero-order valence-corrected chi connectivity index (χ0v) is 68.6. The lowest BCUT2D eigenvalue weighted by Gasteiger charge is -2.48. The monoisotopic (exact) mass is 1570 g/mol. The zero-order chi connectivity index (χ0) is 81.0. The van der Waals surface area contributed by atoms with Gasteiger partial charge in [-0.3, -0.25) is 4.79 Å². The summed E-state index contributed by atoms with van der Waals surface area (Å²) >= 11 is 0. The lowest BCUT2D eigenvalue weighted by Crippen LogP contribution is -2.66. The van der Waals surface area contributed by atoms with E-state index in [-0.39, 0.29) is 18.9 Å². The molecule has 12 N–H and O–H groups in total. The Morgan fingerprint density at radius 3 is 1.00 bits per heavy atom. The molecule has 0 aromatic rings. The highest BCUT2D eigenvalue weighted by Gasteiger charge is 2.54. The number of carbonyl (C=O) groups is 1. The Bertz CT molecular complexity index is 2690. The first-order chi connectivity index (χ1) is 54.8. The molecule has 3 heterocycles. The van der Waals surface area contributed by atoms with Gasteiger partial charge in [-0.1, -0.05) is 312 Å². The quantitative estimate of drug-likeness (QED) is 0.0199. The number of hydrogen-bond acceptors (Lipinski definition) is 18. The number of hydrogen-bond donors (Lipinski definition) is 12. The first-order valence-corrected chi connectivity index (χ1v) is 43.4. The molecule has 1 amide bonds. The van der Waals surface area contributed by atoms with E-state index in [0.717, 1.165) is 141 Å². The number of aliphatic hydroxyl groups is 11. The summed E-state index contributed by atoms with van der Waals surface area (Å²) in [6.07, 6.45) is 79.1. The Labute approximate surface area is 675 Å². The van der Waals surface area contributed by atoms with Crippen LogP contribution in [0.4, 0.5) is 0 Å². The summed E-state index contributed by atoms with van der Waals surface area (Å²) < 4.78 is 34.4. The van der Waals surface area contributed by atoms with E-state index in [1.54, 1.807) is 6.08 Å². The van der Waals surface area contributed by atoms with Crippen LogP contribution in [0.1, 0.15) is 277 Å². The maximum absolute atomic E-state index is 13.5. The van der Waals surface area contributed by atoms with E-state index in [0.29, 0.717) is 12.8 Å². The summed E-state index contributed by atoms with van der Waals surface area (Å²) in [5.74, 6) is -0.306. The van der Waals surface area contributed by atoms with Crippen LogP contribution in [0.2, 0.25) is 0 Å². The standard InChI is InChI=1S/C93H153NO18/c1-3-5-7-9-11-13-15-17-19-21-23-25-27-29-31-32-33-34-35-36-37-38-39-40-41-42-43-44-45-47-49-51-53-55-57-59-61-63-65-67-69-71-81(99)94-76(77(98)70-68-66-64-62-60-58-56-54-52-50-48-46-30-28-26-24-22-20-18-16-14-12-10-8-6-4-2)75-107-91-87(105)84(102)89(79(73-96)109-91)112-93-88(106)85(103)90(80(74-97)110-93)111-92-86(104)83(101)82(100)78(72-95)108-92/h5,7,11,13,17,19,23,25,29,31,33-34,36-37,39-40,42-43,45,47,51-54,60,62,68,70,76-80,82-93,95-98,100-106H,3-4,6,8-10,12,14-16,18,20-22,24,26-28,30,32,35,38,41,44,46,48-50,55-59,61,63-67,69,71-75H2,1-2H3,(H,94,99)/b7-5-,13-11-,19-17-,25-23-,31-29-,34-33-,37-36-,40-39-,43-42-,47-45-,53-51-,54-52+,62-60+,70-68+. The first-order valence-electron chi connectivity index (χ1n) is 43.4. The number of rotatable bonds is 67. The number of aliphatic hydroxyl groups excluding tert-OH is 11. The third-order valence-corrected chi connectivity index (χ3v) is 20.2. The molecule has 638 valence electrons.